The fourth-order valence-electron chi connectivity index (χ4n) is 0.829. The van der Waals surface area contributed by atoms with Crippen LogP contribution < -0.4 is 0 Å². The van der Waals surface area contributed by atoms with E-state index in [4.69, 9.17) is 0 Å². The Morgan fingerprint density at radius 2 is 2.29 bits per heavy atom. The minimum Gasteiger partial charge on any atom is -0.0776 e. The highest BCUT2D eigenvalue weighted by molar-refractivity contribution is 5.25. The van der Waals surface area contributed by atoms with Crippen molar-refractivity contribution in [3.05, 3.63) is 23.8 Å². The molecule has 0 aromatic carbocycles. The van der Waals surface area contributed by atoms with Crippen molar-refractivity contribution in [3.8, 4) is 0 Å². The van der Waals surface area contributed by atoms with E-state index in [0.717, 1.165) is 0 Å². The Morgan fingerprint density at radius 1 is 1.57 bits per heavy atom. The second-order valence-corrected chi connectivity index (χ2v) is 2.13. The highest BCUT2D eigenvalue weighted by atomic mass is 14.0. The molecule has 38 valence electrons. The molecule has 0 amide bonds. The molecule has 0 radical (unpaired) electrons. The van der Waals surface area contributed by atoms with Gasteiger partial charge in [0, 0.05) is 0 Å². The average Bonchev–Trinajstić information content (AvgIpc) is 1.87. The quantitative estimate of drug-likeness (QED) is 0.431. The predicted octanol–water partition coefficient (Wildman–Crippen LogP) is 2.14. The molecule has 0 heteroatoms. The molecule has 0 N–H and O–H groups in total. The van der Waals surface area contributed by atoms with Crippen molar-refractivity contribution in [1.82, 2.24) is 0 Å². The van der Waals surface area contributed by atoms with Gasteiger partial charge in [0.25, 0.3) is 0 Å². The Balaban J connectivity index is 2.69. The summed E-state index contributed by atoms with van der Waals surface area (Å²) in [7, 11) is 0. The van der Waals surface area contributed by atoms with Crippen LogP contribution >= 0.6 is 0 Å². The lowest BCUT2D eigenvalue weighted by Gasteiger charge is -1.85. The fraction of sp³-hybridized carbons (Fsp3) is 0.429. The van der Waals surface area contributed by atoms with Gasteiger partial charge in [0.05, 0.1) is 0 Å². The lowest BCUT2D eigenvalue weighted by Crippen LogP contribution is -1.73. The summed E-state index contributed by atoms with van der Waals surface area (Å²) in [5.74, 6) is 0.681. The van der Waals surface area contributed by atoms with Crippen LogP contribution in [0, 0.1) is 5.92 Å². The minimum atomic E-state index is 0.681. The van der Waals surface area contributed by atoms with Crippen molar-refractivity contribution >= 4 is 0 Å². The number of rotatable bonds is 0. The summed E-state index contributed by atoms with van der Waals surface area (Å²) >= 11 is 0. The molecule has 0 bridgehead atoms. The highest BCUT2D eigenvalue weighted by Gasteiger charge is 1.96. The number of allylic oxidation sites excluding steroid dienone is 4. The van der Waals surface area contributed by atoms with E-state index in [0.29, 0.717) is 5.92 Å². The van der Waals surface area contributed by atoms with E-state index >= 15 is 0 Å². The second kappa shape index (κ2) is 1.53. The first-order chi connectivity index (χ1) is 3.29. The molecule has 0 unspecified atom stereocenters. The summed E-state index contributed by atoms with van der Waals surface area (Å²) in [4.78, 5) is 0. The topological polar surface area (TPSA) is 0 Å². The number of hydrogen-bond donors (Lipinski definition) is 0. The van der Waals surface area contributed by atoms with Crippen molar-refractivity contribution in [3.63, 3.8) is 0 Å². The van der Waals surface area contributed by atoms with Crippen LogP contribution in [-0.4, -0.2) is 0 Å². The Hall–Kier alpha value is -0.520. The fourth-order valence-corrected chi connectivity index (χ4v) is 0.829. The first-order valence-corrected chi connectivity index (χ1v) is 2.65. The van der Waals surface area contributed by atoms with Crippen LogP contribution in [0.15, 0.2) is 23.8 Å². The maximum Gasteiger partial charge on any atom is -0.00730 e. The molecule has 0 nitrogen and oxygen atoms in total. The van der Waals surface area contributed by atoms with Crippen LogP contribution in [0.3, 0.4) is 0 Å². The first-order valence-electron chi connectivity index (χ1n) is 2.65. The summed E-state index contributed by atoms with van der Waals surface area (Å²) in [6.07, 6.45) is 6.61. The first kappa shape index (κ1) is 4.63. The van der Waals surface area contributed by atoms with E-state index in [9.17, 15) is 0 Å². The lowest BCUT2D eigenvalue weighted by atomic mass is 10.2. The Morgan fingerprint density at radius 3 is 2.43 bits per heavy atom. The zero-order valence-electron chi connectivity index (χ0n) is 4.81. The summed E-state index contributed by atoms with van der Waals surface area (Å²) in [6, 6.07) is 0. The molecule has 0 spiro atoms. The highest BCUT2D eigenvalue weighted by Crippen LogP contribution is 2.12. The maximum absolute atomic E-state index is 2.25. The van der Waals surface area contributed by atoms with E-state index in [2.05, 4.69) is 32.1 Å². The molecule has 0 heterocycles. The molecule has 1 atom stereocenters. The van der Waals surface area contributed by atoms with Crippen LogP contribution in [0.4, 0.5) is 0 Å². The third-order valence-corrected chi connectivity index (χ3v) is 1.19. The molecule has 1 aliphatic rings. The van der Waals surface area contributed by atoms with E-state index in [1.807, 2.05) is 0 Å². The SMILES string of the molecule is CC1=C[C@@H](C)C=C1. The van der Waals surface area contributed by atoms with E-state index < -0.39 is 0 Å². The van der Waals surface area contributed by atoms with Gasteiger partial charge in [-0.15, -0.1) is 0 Å². The van der Waals surface area contributed by atoms with Crippen LogP contribution in [0.5, 0.6) is 0 Å². The zero-order chi connectivity index (χ0) is 5.28. The van der Waals surface area contributed by atoms with Gasteiger partial charge in [-0.05, 0) is 12.8 Å². The second-order valence-electron chi connectivity index (χ2n) is 2.13. The standard InChI is InChI=1S/C7H10/c1-6-3-4-7(2)5-6/h3-6H,1-2H3/t6-/m0/s1. The van der Waals surface area contributed by atoms with Crippen LogP contribution in [0.1, 0.15) is 13.8 Å². The number of hydrogen-bond acceptors (Lipinski definition) is 0. The zero-order valence-corrected chi connectivity index (χ0v) is 4.81. The summed E-state index contributed by atoms with van der Waals surface area (Å²) in [5.41, 5.74) is 1.40. The van der Waals surface area contributed by atoms with Crippen molar-refractivity contribution in [2.75, 3.05) is 0 Å². The maximum atomic E-state index is 2.25. The van der Waals surface area contributed by atoms with Crippen molar-refractivity contribution in [2.24, 2.45) is 5.92 Å². The van der Waals surface area contributed by atoms with Crippen LogP contribution in [0.2, 0.25) is 0 Å². The smallest absolute Gasteiger partial charge is 0.00730 e. The van der Waals surface area contributed by atoms with Crippen LogP contribution in [-0.2, 0) is 0 Å². The lowest BCUT2D eigenvalue weighted by molar-refractivity contribution is 0.955. The Labute approximate surface area is 44.5 Å². The predicted molar refractivity (Wildman–Crippen MR) is 32.1 cm³/mol. The van der Waals surface area contributed by atoms with Gasteiger partial charge in [-0.1, -0.05) is 30.7 Å². The van der Waals surface area contributed by atoms with Crippen molar-refractivity contribution < 1.29 is 0 Å². The normalized spacial score (nSPS) is 28.3. The van der Waals surface area contributed by atoms with E-state index in [1.165, 1.54) is 5.57 Å². The van der Waals surface area contributed by atoms with Crippen molar-refractivity contribution in [1.29, 1.82) is 0 Å². The molecule has 1 rings (SSSR count). The van der Waals surface area contributed by atoms with Gasteiger partial charge in [-0.3, -0.25) is 0 Å². The summed E-state index contributed by atoms with van der Waals surface area (Å²) in [5, 5.41) is 0. The van der Waals surface area contributed by atoms with E-state index in [-0.39, 0.29) is 0 Å². The monoisotopic (exact) mass is 94.1 g/mol. The van der Waals surface area contributed by atoms with Gasteiger partial charge in [-0.2, -0.15) is 0 Å². The van der Waals surface area contributed by atoms with Gasteiger partial charge in [0.15, 0.2) is 0 Å². The van der Waals surface area contributed by atoms with Crippen LogP contribution in [0.25, 0.3) is 0 Å². The van der Waals surface area contributed by atoms with Gasteiger partial charge >= 0.3 is 0 Å². The molecule has 0 saturated carbocycles. The Kier molecular flexibility index (Phi) is 1.01. The third kappa shape index (κ3) is 0.923. The van der Waals surface area contributed by atoms with Crippen molar-refractivity contribution in [2.45, 2.75) is 13.8 Å². The van der Waals surface area contributed by atoms with Gasteiger partial charge < -0.3 is 0 Å². The average molecular weight is 94.2 g/mol. The largest absolute Gasteiger partial charge is 0.0776 e. The summed E-state index contributed by atoms with van der Waals surface area (Å²) < 4.78 is 0. The molecule has 0 aromatic rings. The summed E-state index contributed by atoms with van der Waals surface area (Å²) in [6.45, 7) is 4.31. The molecule has 0 fully saturated rings. The van der Waals surface area contributed by atoms with E-state index in [1.54, 1.807) is 0 Å². The molecular weight excluding hydrogens is 84.1 g/mol. The molecule has 0 saturated heterocycles. The van der Waals surface area contributed by atoms with Gasteiger partial charge in [-0.25, -0.2) is 0 Å². The minimum absolute atomic E-state index is 0.681. The molecule has 7 heavy (non-hydrogen) atoms. The third-order valence-electron chi connectivity index (χ3n) is 1.19. The molecule has 0 aromatic heterocycles. The molecular formula is C7H10. The van der Waals surface area contributed by atoms with Gasteiger partial charge in [0.1, 0.15) is 0 Å². The Bertz CT molecular complexity index is 118. The molecule has 1 aliphatic carbocycles. The van der Waals surface area contributed by atoms with Gasteiger partial charge in [0.2, 0.25) is 0 Å². The molecule has 0 aliphatic heterocycles.